The van der Waals surface area contributed by atoms with Crippen molar-refractivity contribution < 1.29 is 51.6 Å². The van der Waals surface area contributed by atoms with Gasteiger partial charge < -0.3 is 28.8 Å². The zero-order valence-electron chi connectivity index (χ0n) is 20.2. The number of methoxy groups -OCH3 is 4. The van der Waals surface area contributed by atoms with Crippen molar-refractivity contribution in [3.63, 3.8) is 0 Å². The van der Waals surface area contributed by atoms with Gasteiger partial charge in [0.05, 0.1) is 39.3 Å². The van der Waals surface area contributed by atoms with E-state index in [1.165, 1.54) is 33.5 Å². The van der Waals surface area contributed by atoms with E-state index >= 15 is 0 Å². The van der Waals surface area contributed by atoms with E-state index in [0.717, 1.165) is 13.5 Å². The Morgan fingerprint density at radius 2 is 1.58 bits per heavy atom. The number of carbonyl (C=O) groups is 2. The summed E-state index contributed by atoms with van der Waals surface area (Å²) in [5.74, 6) is -4.76. The van der Waals surface area contributed by atoms with Crippen LogP contribution in [0.2, 0.25) is 0 Å². The highest BCUT2D eigenvalue weighted by molar-refractivity contribution is 6.12. The number of pyridine rings is 1. The number of aromatic nitrogens is 1. The van der Waals surface area contributed by atoms with Crippen molar-refractivity contribution in [2.75, 3.05) is 28.4 Å². The summed E-state index contributed by atoms with van der Waals surface area (Å²) < 4.78 is 65.3. The number of fused-ring (bicyclic) bond motifs is 2. The summed E-state index contributed by atoms with van der Waals surface area (Å²) in [5.41, 5.74) is 0.00471. The molecule has 0 unspecified atom stereocenters. The molecule has 0 aliphatic rings. The Labute approximate surface area is 203 Å². The molecule has 1 aromatic heterocycles. The fourth-order valence-corrected chi connectivity index (χ4v) is 3.87. The largest absolute Gasteiger partial charge is 0.504 e. The quantitative estimate of drug-likeness (QED) is 0.261. The Hall–Kier alpha value is -3.96. The van der Waals surface area contributed by atoms with Gasteiger partial charge in [-0.2, -0.15) is 13.2 Å². The molecule has 36 heavy (non-hydrogen) atoms. The lowest BCUT2D eigenvalue weighted by atomic mass is 9.97. The summed E-state index contributed by atoms with van der Waals surface area (Å²) in [7, 11) is 4.82. The van der Waals surface area contributed by atoms with Gasteiger partial charge in [-0.25, -0.2) is 14.6 Å². The van der Waals surface area contributed by atoms with Crippen LogP contribution in [0.3, 0.4) is 0 Å². The van der Waals surface area contributed by atoms with E-state index in [1.54, 1.807) is 0 Å². The molecular formula is C24H24F3NO8. The van der Waals surface area contributed by atoms with E-state index < -0.39 is 29.6 Å². The lowest BCUT2D eigenvalue weighted by Crippen LogP contribution is -2.28. The predicted molar refractivity (Wildman–Crippen MR) is 122 cm³/mol. The molecule has 1 N–H and O–H groups in total. The average molecular weight is 511 g/mol. The predicted octanol–water partition coefficient (Wildman–Crippen LogP) is 4.72. The third-order valence-corrected chi connectivity index (χ3v) is 5.48. The summed E-state index contributed by atoms with van der Waals surface area (Å²) >= 11 is 0. The topological polar surface area (TPSA) is 113 Å². The number of alkyl halides is 3. The summed E-state index contributed by atoms with van der Waals surface area (Å²) in [6.45, 7) is 1.94. The number of unbranched alkanes of at least 4 members (excludes halogenated alkanes) is 1. The first-order valence-electron chi connectivity index (χ1n) is 10.7. The summed E-state index contributed by atoms with van der Waals surface area (Å²) in [6.07, 6.45) is -3.42. The first-order chi connectivity index (χ1) is 17.0. The van der Waals surface area contributed by atoms with Crippen molar-refractivity contribution in [3.8, 4) is 28.7 Å². The number of halogens is 3. The number of esters is 2. The van der Waals surface area contributed by atoms with Crippen molar-refractivity contribution in [3.05, 3.63) is 23.4 Å². The smallest absolute Gasteiger partial charge is 0.491 e. The van der Waals surface area contributed by atoms with Crippen LogP contribution in [0.1, 0.15) is 35.8 Å². The Kier molecular flexibility index (Phi) is 7.65. The van der Waals surface area contributed by atoms with E-state index in [4.69, 9.17) is 23.7 Å². The number of aromatic hydroxyl groups is 1. The highest BCUT2D eigenvalue weighted by atomic mass is 19.4. The molecule has 3 aromatic rings. The van der Waals surface area contributed by atoms with Crippen molar-refractivity contribution in [1.82, 2.24) is 4.98 Å². The van der Waals surface area contributed by atoms with Gasteiger partial charge in [-0.05, 0) is 30.5 Å². The maximum absolute atomic E-state index is 13.2. The third-order valence-electron chi connectivity index (χ3n) is 5.48. The molecule has 0 saturated carbocycles. The number of phenols is 1. The third kappa shape index (κ3) is 4.62. The zero-order valence-corrected chi connectivity index (χ0v) is 20.2. The van der Waals surface area contributed by atoms with Gasteiger partial charge in [-0.3, -0.25) is 0 Å². The standard InChI is InChI=1S/C24H24F3NO8/c1-6-7-8-11-9-13-12(17(29)18(11)32-2)10-14-15(19(13)36-23(31)24(25,26)27)20(33-3)21(34-4)16(28-14)22(30)35-5/h9-10,29H,6-8H2,1-5H3. The normalized spacial score (nSPS) is 11.4. The Morgan fingerprint density at radius 1 is 0.944 bits per heavy atom. The van der Waals surface area contributed by atoms with E-state index in [0.29, 0.717) is 18.4 Å². The molecule has 0 aliphatic carbocycles. The second kappa shape index (κ2) is 10.3. The van der Waals surface area contributed by atoms with Gasteiger partial charge >= 0.3 is 18.1 Å². The maximum Gasteiger partial charge on any atom is 0.491 e. The number of rotatable bonds is 8. The van der Waals surface area contributed by atoms with Gasteiger partial charge in [0.25, 0.3) is 0 Å². The molecule has 2 aromatic carbocycles. The molecule has 3 rings (SSSR count). The minimum Gasteiger partial charge on any atom is -0.504 e. The number of carbonyl (C=O) groups excluding carboxylic acids is 2. The summed E-state index contributed by atoms with van der Waals surface area (Å²) in [5, 5.41) is 10.8. The summed E-state index contributed by atoms with van der Waals surface area (Å²) in [4.78, 5) is 28.5. The van der Waals surface area contributed by atoms with Gasteiger partial charge in [0.15, 0.2) is 34.4 Å². The van der Waals surface area contributed by atoms with E-state index in [2.05, 4.69) is 4.98 Å². The fourth-order valence-electron chi connectivity index (χ4n) is 3.87. The first kappa shape index (κ1) is 26.6. The van der Waals surface area contributed by atoms with Gasteiger partial charge in [-0.1, -0.05) is 13.3 Å². The van der Waals surface area contributed by atoms with Gasteiger partial charge in [0, 0.05) is 10.8 Å². The highest BCUT2D eigenvalue weighted by Gasteiger charge is 2.42. The molecule has 0 aliphatic heterocycles. The monoisotopic (exact) mass is 511 g/mol. The SMILES string of the molecule is CCCCc1cc2c(OC(=O)C(F)(F)F)c3c(OC)c(OC)c(C(=O)OC)nc3cc2c(O)c1OC. The number of aryl methyl sites for hydroxylation is 1. The highest BCUT2D eigenvalue weighted by Crippen LogP contribution is 2.49. The Balaban J connectivity index is 2.57. The van der Waals surface area contributed by atoms with Crippen molar-refractivity contribution in [1.29, 1.82) is 0 Å². The van der Waals surface area contributed by atoms with Crippen LogP contribution in [0.4, 0.5) is 13.2 Å². The number of benzene rings is 2. The molecule has 12 heteroatoms. The van der Waals surface area contributed by atoms with Gasteiger partial charge in [0.2, 0.25) is 0 Å². The molecule has 0 radical (unpaired) electrons. The lowest BCUT2D eigenvalue weighted by Gasteiger charge is -2.20. The van der Waals surface area contributed by atoms with Crippen molar-refractivity contribution >= 4 is 33.6 Å². The molecule has 0 atom stereocenters. The molecule has 194 valence electrons. The van der Waals surface area contributed by atoms with Crippen molar-refractivity contribution in [2.45, 2.75) is 32.4 Å². The number of hydrogen-bond donors (Lipinski definition) is 1. The molecule has 9 nitrogen and oxygen atoms in total. The first-order valence-corrected chi connectivity index (χ1v) is 10.7. The van der Waals surface area contributed by atoms with Crippen LogP contribution in [0.25, 0.3) is 21.7 Å². The van der Waals surface area contributed by atoms with E-state index in [1.807, 2.05) is 6.92 Å². The molecule has 0 amide bonds. The maximum atomic E-state index is 13.2. The van der Waals surface area contributed by atoms with Crippen LogP contribution in [0.5, 0.6) is 28.7 Å². The number of phenolic OH excluding ortho intramolecular Hbond substituents is 1. The Morgan fingerprint density at radius 3 is 2.11 bits per heavy atom. The molecular weight excluding hydrogens is 487 g/mol. The minimum atomic E-state index is -5.33. The van der Waals surface area contributed by atoms with E-state index in [-0.39, 0.29) is 44.6 Å². The van der Waals surface area contributed by atoms with Crippen LogP contribution < -0.4 is 18.9 Å². The van der Waals surface area contributed by atoms with Crippen molar-refractivity contribution in [2.24, 2.45) is 0 Å². The van der Waals surface area contributed by atoms with Crippen LogP contribution in [-0.4, -0.2) is 56.6 Å². The van der Waals surface area contributed by atoms with Crippen LogP contribution >= 0.6 is 0 Å². The molecule has 0 saturated heterocycles. The number of hydrogen-bond acceptors (Lipinski definition) is 9. The second-order valence-electron chi connectivity index (χ2n) is 7.62. The fraction of sp³-hybridized carbons (Fsp3) is 0.375. The van der Waals surface area contributed by atoms with Crippen LogP contribution in [-0.2, 0) is 16.0 Å². The molecule has 1 heterocycles. The van der Waals surface area contributed by atoms with Gasteiger partial charge in [0.1, 0.15) is 0 Å². The Bertz CT molecular complexity index is 1340. The number of ether oxygens (including phenoxy) is 5. The molecule has 0 spiro atoms. The molecule has 0 bridgehead atoms. The molecule has 0 fully saturated rings. The minimum absolute atomic E-state index is 0.0277. The number of nitrogens with zero attached hydrogens (tertiary/aromatic N) is 1. The lowest BCUT2D eigenvalue weighted by molar-refractivity contribution is -0.189. The van der Waals surface area contributed by atoms with Crippen LogP contribution in [0.15, 0.2) is 12.1 Å². The van der Waals surface area contributed by atoms with Crippen LogP contribution in [0, 0.1) is 0 Å². The summed E-state index contributed by atoms with van der Waals surface area (Å²) in [6, 6.07) is 2.79. The van der Waals surface area contributed by atoms with Gasteiger partial charge in [-0.15, -0.1) is 0 Å². The van der Waals surface area contributed by atoms with E-state index in [9.17, 15) is 27.9 Å². The average Bonchev–Trinajstić information content (AvgIpc) is 2.85. The second-order valence-corrected chi connectivity index (χ2v) is 7.62. The zero-order chi connectivity index (χ0) is 26.8.